The molecule has 0 saturated heterocycles. The molecule has 0 fully saturated rings. The predicted molar refractivity (Wildman–Crippen MR) is 74.8 cm³/mol. The summed E-state index contributed by atoms with van der Waals surface area (Å²) in [6, 6.07) is 5.53. The number of rotatable bonds is 2. The molecule has 0 atom stereocenters. The Morgan fingerprint density at radius 1 is 1.39 bits per heavy atom. The van der Waals surface area contributed by atoms with Crippen molar-refractivity contribution in [3.63, 3.8) is 0 Å². The number of nitrogens with one attached hydrogen (secondary N) is 1. The number of hydrogen-bond acceptors (Lipinski definition) is 2. The first kappa shape index (κ1) is 12.8. The van der Waals surface area contributed by atoms with E-state index in [9.17, 15) is 4.79 Å². The number of halogens is 1. The summed E-state index contributed by atoms with van der Waals surface area (Å²) in [6.45, 7) is 3.80. The van der Waals surface area contributed by atoms with E-state index in [0.717, 1.165) is 21.5 Å². The third kappa shape index (κ3) is 2.61. The summed E-state index contributed by atoms with van der Waals surface area (Å²) in [5.41, 5.74) is 3.09. The van der Waals surface area contributed by atoms with Crippen LogP contribution in [0.3, 0.4) is 0 Å². The van der Waals surface area contributed by atoms with Gasteiger partial charge in [0.1, 0.15) is 5.69 Å². The van der Waals surface area contributed by atoms with Gasteiger partial charge in [-0.1, -0.05) is 0 Å². The highest BCUT2D eigenvalue weighted by Crippen LogP contribution is 2.17. The van der Waals surface area contributed by atoms with Gasteiger partial charge in [0.2, 0.25) is 0 Å². The van der Waals surface area contributed by atoms with Gasteiger partial charge in [0, 0.05) is 23.4 Å². The van der Waals surface area contributed by atoms with Crippen LogP contribution in [0.1, 0.15) is 21.9 Å². The fourth-order valence-corrected chi connectivity index (χ4v) is 2.28. The van der Waals surface area contributed by atoms with Crippen LogP contribution >= 0.6 is 15.9 Å². The van der Waals surface area contributed by atoms with Crippen molar-refractivity contribution >= 4 is 27.5 Å². The van der Waals surface area contributed by atoms with E-state index in [2.05, 4.69) is 26.2 Å². The Morgan fingerprint density at radius 3 is 2.67 bits per heavy atom. The van der Waals surface area contributed by atoms with Crippen LogP contribution in [0.4, 0.5) is 5.69 Å². The Balaban J connectivity index is 2.24. The number of hydrogen-bond donors (Lipinski definition) is 1. The lowest BCUT2D eigenvalue weighted by atomic mass is 10.2. The molecule has 2 heterocycles. The number of carbonyl (C=O) groups excluding carboxylic acids is 1. The lowest BCUT2D eigenvalue weighted by Crippen LogP contribution is -2.16. The molecule has 0 aliphatic rings. The number of anilines is 1. The van der Waals surface area contributed by atoms with Crippen molar-refractivity contribution in [1.29, 1.82) is 0 Å². The molecule has 1 N–H and O–H groups in total. The standard InChI is InChI=1S/C13H14BrN3O/c1-8-4-5-11(9(2)15-8)16-13(18)12-6-10(14)7-17(12)3/h4-7H,1-3H3,(H,16,18). The van der Waals surface area contributed by atoms with Crippen molar-refractivity contribution in [2.24, 2.45) is 7.05 Å². The fraction of sp³-hybridized carbons (Fsp3) is 0.231. The lowest BCUT2D eigenvalue weighted by Gasteiger charge is -2.08. The Kier molecular flexibility index (Phi) is 3.52. The third-order valence-corrected chi connectivity index (χ3v) is 3.11. The Morgan fingerprint density at radius 2 is 2.11 bits per heavy atom. The van der Waals surface area contributed by atoms with Crippen LogP contribution in [0.15, 0.2) is 28.9 Å². The number of aromatic nitrogens is 2. The molecule has 0 spiro atoms. The van der Waals surface area contributed by atoms with Crippen LogP contribution in [-0.4, -0.2) is 15.5 Å². The minimum atomic E-state index is -0.142. The topological polar surface area (TPSA) is 46.9 Å². The van der Waals surface area contributed by atoms with Crippen molar-refractivity contribution in [3.05, 3.63) is 46.0 Å². The first-order chi connectivity index (χ1) is 8.47. The van der Waals surface area contributed by atoms with E-state index in [-0.39, 0.29) is 5.91 Å². The van der Waals surface area contributed by atoms with Gasteiger partial charge in [0.25, 0.3) is 5.91 Å². The zero-order chi connectivity index (χ0) is 13.3. The molecule has 2 rings (SSSR count). The number of amides is 1. The summed E-state index contributed by atoms with van der Waals surface area (Å²) < 4.78 is 2.66. The summed E-state index contributed by atoms with van der Waals surface area (Å²) in [7, 11) is 1.83. The predicted octanol–water partition coefficient (Wildman–Crippen LogP) is 3.05. The van der Waals surface area contributed by atoms with E-state index in [4.69, 9.17) is 0 Å². The van der Waals surface area contributed by atoms with Crippen LogP contribution in [0, 0.1) is 13.8 Å². The van der Waals surface area contributed by atoms with Gasteiger partial charge in [-0.3, -0.25) is 9.78 Å². The summed E-state index contributed by atoms with van der Waals surface area (Å²) in [4.78, 5) is 16.4. The second-order valence-corrected chi connectivity index (χ2v) is 5.11. The van der Waals surface area contributed by atoms with Crippen molar-refractivity contribution < 1.29 is 4.79 Å². The van der Waals surface area contributed by atoms with Gasteiger partial charge in [0.05, 0.1) is 11.4 Å². The second kappa shape index (κ2) is 4.94. The van der Waals surface area contributed by atoms with Gasteiger partial charge >= 0.3 is 0 Å². The molecule has 0 bridgehead atoms. The largest absolute Gasteiger partial charge is 0.345 e. The molecule has 0 unspecified atom stereocenters. The lowest BCUT2D eigenvalue weighted by molar-refractivity contribution is 0.101. The van der Waals surface area contributed by atoms with Gasteiger partial charge in [-0.15, -0.1) is 0 Å². The second-order valence-electron chi connectivity index (χ2n) is 4.19. The van der Waals surface area contributed by atoms with E-state index in [1.54, 1.807) is 10.6 Å². The fourth-order valence-electron chi connectivity index (χ4n) is 1.75. The molecule has 1 amide bonds. The van der Waals surface area contributed by atoms with Crippen LogP contribution in [-0.2, 0) is 7.05 Å². The Hall–Kier alpha value is -1.62. The SMILES string of the molecule is Cc1ccc(NC(=O)c2cc(Br)cn2C)c(C)n1. The Bertz CT molecular complexity index is 604. The summed E-state index contributed by atoms with van der Waals surface area (Å²) in [5.74, 6) is -0.142. The molecule has 0 saturated carbocycles. The number of carbonyl (C=O) groups is 1. The highest BCUT2D eigenvalue weighted by molar-refractivity contribution is 9.10. The maximum Gasteiger partial charge on any atom is 0.272 e. The smallest absolute Gasteiger partial charge is 0.272 e. The minimum Gasteiger partial charge on any atom is -0.345 e. The van der Waals surface area contributed by atoms with Crippen LogP contribution in [0.25, 0.3) is 0 Å². The van der Waals surface area contributed by atoms with Gasteiger partial charge in [-0.05, 0) is 48.0 Å². The number of nitrogens with zero attached hydrogens (tertiary/aromatic N) is 2. The molecule has 18 heavy (non-hydrogen) atoms. The molecule has 5 heteroatoms. The van der Waals surface area contributed by atoms with Crippen molar-refractivity contribution in [3.8, 4) is 0 Å². The van der Waals surface area contributed by atoms with Crippen molar-refractivity contribution in [1.82, 2.24) is 9.55 Å². The quantitative estimate of drug-likeness (QED) is 0.927. The highest BCUT2D eigenvalue weighted by atomic mass is 79.9. The maximum absolute atomic E-state index is 12.1. The molecular formula is C13H14BrN3O. The van der Waals surface area contributed by atoms with E-state index < -0.39 is 0 Å². The van der Waals surface area contributed by atoms with Gasteiger partial charge in [0.15, 0.2) is 0 Å². The number of pyridine rings is 1. The molecule has 0 aliphatic heterocycles. The van der Waals surface area contributed by atoms with E-state index in [0.29, 0.717) is 5.69 Å². The van der Waals surface area contributed by atoms with Gasteiger partial charge < -0.3 is 9.88 Å². The molecule has 4 nitrogen and oxygen atoms in total. The van der Waals surface area contributed by atoms with Crippen LogP contribution in [0.5, 0.6) is 0 Å². The van der Waals surface area contributed by atoms with Gasteiger partial charge in [-0.2, -0.15) is 0 Å². The summed E-state index contributed by atoms with van der Waals surface area (Å²) >= 11 is 3.35. The summed E-state index contributed by atoms with van der Waals surface area (Å²) in [5, 5.41) is 2.86. The minimum absolute atomic E-state index is 0.142. The van der Waals surface area contributed by atoms with E-state index in [1.807, 2.05) is 39.2 Å². The van der Waals surface area contributed by atoms with E-state index >= 15 is 0 Å². The summed E-state index contributed by atoms with van der Waals surface area (Å²) in [6.07, 6.45) is 1.84. The van der Waals surface area contributed by atoms with E-state index in [1.165, 1.54) is 0 Å². The highest BCUT2D eigenvalue weighted by Gasteiger charge is 2.12. The van der Waals surface area contributed by atoms with Crippen molar-refractivity contribution in [2.45, 2.75) is 13.8 Å². The zero-order valence-corrected chi connectivity index (χ0v) is 12.1. The van der Waals surface area contributed by atoms with Crippen LogP contribution < -0.4 is 5.32 Å². The molecule has 0 radical (unpaired) electrons. The normalized spacial score (nSPS) is 10.4. The average Bonchev–Trinajstić information content (AvgIpc) is 2.62. The first-order valence-electron chi connectivity index (χ1n) is 5.55. The molecule has 2 aromatic heterocycles. The van der Waals surface area contributed by atoms with Crippen molar-refractivity contribution in [2.75, 3.05) is 5.32 Å². The average molecular weight is 308 g/mol. The third-order valence-electron chi connectivity index (χ3n) is 2.68. The number of aryl methyl sites for hydroxylation is 3. The molecular weight excluding hydrogens is 294 g/mol. The maximum atomic E-state index is 12.1. The molecule has 2 aromatic rings. The molecule has 0 aliphatic carbocycles. The zero-order valence-electron chi connectivity index (χ0n) is 10.5. The molecule has 94 valence electrons. The Labute approximate surface area is 114 Å². The monoisotopic (exact) mass is 307 g/mol. The molecule has 0 aromatic carbocycles. The van der Waals surface area contributed by atoms with Gasteiger partial charge in [-0.25, -0.2) is 0 Å². The first-order valence-corrected chi connectivity index (χ1v) is 6.34. The van der Waals surface area contributed by atoms with Crippen LogP contribution in [0.2, 0.25) is 0 Å².